The number of methoxy groups -OCH3 is 1. The van der Waals surface area contributed by atoms with Gasteiger partial charge in [-0.25, -0.2) is 0 Å². The number of carbonyl (C=O) groups is 1. The number of ether oxygens (including phenoxy) is 1. The van der Waals surface area contributed by atoms with Crippen molar-refractivity contribution in [2.75, 3.05) is 7.11 Å². The summed E-state index contributed by atoms with van der Waals surface area (Å²) in [6.45, 7) is 2.13. The summed E-state index contributed by atoms with van der Waals surface area (Å²) in [7, 11) is 1.61. The summed E-state index contributed by atoms with van der Waals surface area (Å²) >= 11 is 1.41. The molecular weight excluding hydrogens is 346 g/mol. The number of carbonyl (C=O) groups excluding carboxylic acids is 1. The fourth-order valence-electron chi connectivity index (χ4n) is 2.63. The van der Waals surface area contributed by atoms with E-state index in [0.29, 0.717) is 11.6 Å². The van der Waals surface area contributed by atoms with Gasteiger partial charge in [0.2, 0.25) is 5.91 Å². The number of thioether (sulfide) groups is 1. The number of benzene rings is 2. The minimum Gasteiger partial charge on any atom is -0.496 e. The Balaban J connectivity index is 1.63. The number of hydrogen-bond acceptors (Lipinski definition) is 5. The molecule has 1 saturated heterocycles. The number of amidine groups is 1. The van der Waals surface area contributed by atoms with Crippen LogP contribution < -0.4 is 10.1 Å². The molecule has 1 heterocycles. The van der Waals surface area contributed by atoms with E-state index >= 15 is 0 Å². The molecule has 6 heteroatoms. The molecular formula is C20H21N3O2S. The van der Waals surface area contributed by atoms with Crippen molar-refractivity contribution in [3.63, 3.8) is 0 Å². The predicted octanol–water partition coefficient (Wildman–Crippen LogP) is 3.42. The van der Waals surface area contributed by atoms with Gasteiger partial charge in [0.1, 0.15) is 5.75 Å². The highest BCUT2D eigenvalue weighted by atomic mass is 32.2. The Labute approximate surface area is 157 Å². The van der Waals surface area contributed by atoms with Gasteiger partial charge in [0.25, 0.3) is 0 Å². The maximum atomic E-state index is 12.2. The van der Waals surface area contributed by atoms with Gasteiger partial charge in [-0.05, 0) is 36.1 Å². The standard InChI is InChI=1S/C20H21N3O2S/c1-3-14-8-10-15(11-9-14)12-18-19(24)22-20(26-18)23-21-13-16-6-4-5-7-17(16)25-2/h4-11,13,18H,3,12H2,1-2H3,(H,22,23,24)/b21-13-/t18-/m0/s1. The number of para-hydroxylation sites is 1. The topological polar surface area (TPSA) is 63.1 Å². The molecule has 0 aliphatic carbocycles. The lowest BCUT2D eigenvalue weighted by Crippen LogP contribution is -2.25. The maximum Gasteiger partial charge on any atom is 0.239 e. The van der Waals surface area contributed by atoms with E-state index in [9.17, 15) is 4.79 Å². The van der Waals surface area contributed by atoms with Crippen molar-refractivity contribution in [3.8, 4) is 5.75 Å². The van der Waals surface area contributed by atoms with Crippen molar-refractivity contribution >= 4 is 29.1 Å². The summed E-state index contributed by atoms with van der Waals surface area (Å²) in [6, 6.07) is 15.9. The Morgan fingerprint density at radius 1 is 1.15 bits per heavy atom. The first-order valence-electron chi connectivity index (χ1n) is 8.49. The van der Waals surface area contributed by atoms with E-state index in [4.69, 9.17) is 4.74 Å². The minimum absolute atomic E-state index is 0.0270. The normalized spacial score (nSPS) is 18.5. The first kappa shape index (κ1) is 18.2. The summed E-state index contributed by atoms with van der Waals surface area (Å²) in [5.74, 6) is 0.703. The fraction of sp³-hybridized carbons (Fsp3) is 0.250. The first-order valence-corrected chi connectivity index (χ1v) is 9.37. The quantitative estimate of drug-likeness (QED) is 0.628. The largest absolute Gasteiger partial charge is 0.496 e. The second-order valence-electron chi connectivity index (χ2n) is 5.86. The van der Waals surface area contributed by atoms with E-state index < -0.39 is 0 Å². The monoisotopic (exact) mass is 367 g/mol. The predicted molar refractivity (Wildman–Crippen MR) is 107 cm³/mol. The lowest BCUT2D eigenvalue weighted by molar-refractivity contribution is -0.118. The van der Waals surface area contributed by atoms with Crippen LogP contribution in [0.15, 0.2) is 58.7 Å². The van der Waals surface area contributed by atoms with Crippen molar-refractivity contribution in [2.45, 2.75) is 25.0 Å². The number of aryl methyl sites for hydroxylation is 1. The van der Waals surface area contributed by atoms with Crippen LogP contribution in [0.1, 0.15) is 23.6 Å². The zero-order chi connectivity index (χ0) is 18.4. The van der Waals surface area contributed by atoms with Gasteiger partial charge in [-0.15, -0.1) is 5.10 Å². The lowest BCUT2D eigenvalue weighted by Gasteiger charge is -2.06. The van der Waals surface area contributed by atoms with Crippen molar-refractivity contribution < 1.29 is 9.53 Å². The van der Waals surface area contributed by atoms with E-state index in [1.54, 1.807) is 13.3 Å². The average Bonchev–Trinajstić information content (AvgIpc) is 3.02. The molecule has 1 fully saturated rings. The van der Waals surface area contributed by atoms with Crippen LogP contribution in [0.25, 0.3) is 0 Å². The molecule has 3 rings (SSSR count). The molecule has 1 atom stereocenters. The summed E-state index contributed by atoms with van der Waals surface area (Å²) in [6.07, 6.45) is 3.31. The van der Waals surface area contributed by atoms with Crippen molar-refractivity contribution in [2.24, 2.45) is 10.2 Å². The van der Waals surface area contributed by atoms with Gasteiger partial charge in [-0.1, -0.05) is 55.1 Å². The Morgan fingerprint density at radius 3 is 2.62 bits per heavy atom. The molecule has 0 saturated carbocycles. The number of nitrogens with zero attached hydrogens (tertiary/aromatic N) is 2. The van der Waals surface area contributed by atoms with Crippen molar-refractivity contribution in [3.05, 3.63) is 65.2 Å². The van der Waals surface area contributed by atoms with E-state index in [1.807, 2.05) is 24.3 Å². The van der Waals surface area contributed by atoms with Crippen LogP contribution in [0.3, 0.4) is 0 Å². The number of amides is 1. The smallest absolute Gasteiger partial charge is 0.239 e. The van der Waals surface area contributed by atoms with Crippen LogP contribution in [0.5, 0.6) is 5.75 Å². The summed E-state index contributed by atoms with van der Waals surface area (Å²) in [5, 5.41) is 11.3. The fourth-order valence-corrected chi connectivity index (χ4v) is 3.59. The van der Waals surface area contributed by atoms with Gasteiger partial charge in [0.15, 0.2) is 5.17 Å². The van der Waals surface area contributed by atoms with Crippen LogP contribution in [0.4, 0.5) is 0 Å². The Kier molecular flexibility index (Phi) is 6.07. The van der Waals surface area contributed by atoms with Gasteiger partial charge in [0.05, 0.1) is 18.6 Å². The van der Waals surface area contributed by atoms with Crippen molar-refractivity contribution in [1.29, 1.82) is 0 Å². The van der Waals surface area contributed by atoms with Crippen LogP contribution in [0.2, 0.25) is 0 Å². The van der Waals surface area contributed by atoms with Gasteiger partial charge < -0.3 is 10.1 Å². The average molecular weight is 367 g/mol. The van der Waals surface area contributed by atoms with Crippen LogP contribution >= 0.6 is 11.8 Å². The third kappa shape index (κ3) is 4.52. The Morgan fingerprint density at radius 2 is 1.88 bits per heavy atom. The molecule has 1 N–H and O–H groups in total. The molecule has 2 aromatic carbocycles. The Hall–Kier alpha value is -2.60. The van der Waals surface area contributed by atoms with E-state index in [0.717, 1.165) is 23.3 Å². The van der Waals surface area contributed by atoms with Gasteiger partial charge >= 0.3 is 0 Å². The number of rotatable bonds is 6. The van der Waals surface area contributed by atoms with Gasteiger partial charge in [-0.3, -0.25) is 4.79 Å². The molecule has 0 aromatic heterocycles. The Bertz CT molecular complexity index is 831. The molecule has 1 aliphatic heterocycles. The van der Waals surface area contributed by atoms with Crippen molar-refractivity contribution in [1.82, 2.24) is 5.32 Å². The van der Waals surface area contributed by atoms with E-state index in [1.165, 1.54) is 17.3 Å². The molecule has 134 valence electrons. The second-order valence-corrected chi connectivity index (χ2v) is 7.05. The van der Waals surface area contributed by atoms with Crippen LogP contribution in [-0.4, -0.2) is 29.6 Å². The van der Waals surface area contributed by atoms with Gasteiger partial charge in [-0.2, -0.15) is 5.10 Å². The molecule has 5 nitrogen and oxygen atoms in total. The molecule has 0 spiro atoms. The molecule has 2 aromatic rings. The SMILES string of the molecule is CCc1ccc(C[C@@H]2S/C(=N/N=C\c3ccccc3OC)NC2=O)cc1. The highest BCUT2D eigenvalue weighted by Crippen LogP contribution is 2.23. The molecule has 0 unspecified atom stereocenters. The third-order valence-electron chi connectivity index (χ3n) is 4.11. The maximum absolute atomic E-state index is 12.2. The number of nitrogens with one attached hydrogen (secondary N) is 1. The van der Waals surface area contributed by atoms with E-state index in [-0.39, 0.29) is 11.2 Å². The summed E-state index contributed by atoms with van der Waals surface area (Å²) in [5.41, 5.74) is 3.28. The minimum atomic E-state index is -0.178. The zero-order valence-corrected chi connectivity index (χ0v) is 15.6. The van der Waals surface area contributed by atoms with Crippen LogP contribution in [-0.2, 0) is 17.6 Å². The van der Waals surface area contributed by atoms with Gasteiger partial charge in [0, 0.05) is 5.56 Å². The second kappa shape index (κ2) is 8.67. The highest BCUT2D eigenvalue weighted by molar-refractivity contribution is 8.15. The molecule has 0 radical (unpaired) electrons. The summed E-state index contributed by atoms with van der Waals surface area (Å²) in [4.78, 5) is 12.2. The molecule has 1 amide bonds. The molecule has 26 heavy (non-hydrogen) atoms. The number of hydrogen-bond donors (Lipinski definition) is 1. The highest BCUT2D eigenvalue weighted by Gasteiger charge is 2.30. The first-order chi connectivity index (χ1) is 12.7. The molecule has 0 bridgehead atoms. The lowest BCUT2D eigenvalue weighted by atomic mass is 10.1. The third-order valence-corrected chi connectivity index (χ3v) is 5.19. The zero-order valence-electron chi connectivity index (χ0n) is 14.8. The molecule has 1 aliphatic rings. The summed E-state index contributed by atoms with van der Waals surface area (Å²) < 4.78 is 5.27. The van der Waals surface area contributed by atoms with Crippen LogP contribution in [0, 0.1) is 0 Å². The van der Waals surface area contributed by atoms with E-state index in [2.05, 4.69) is 46.7 Å².